The molecule has 158 valence electrons. The van der Waals surface area contributed by atoms with Gasteiger partial charge in [-0.05, 0) is 47.4 Å². The summed E-state index contributed by atoms with van der Waals surface area (Å²) in [7, 11) is 0. The third kappa shape index (κ3) is 3.50. The molecule has 1 fully saturated rings. The van der Waals surface area contributed by atoms with E-state index in [4.69, 9.17) is 0 Å². The van der Waals surface area contributed by atoms with Gasteiger partial charge in [0.05, 0.1) is 0 Å². The van der Waals surface area contributed by atoms with Crippen molar-refractivity contribution < 1.29 is 9.18 Å². The summed E-state index contributed by atoms with van der Waals surface area (Å²) in [4.78, 5) is 18.6. The number of benzene rings is 3. The summed E-state index contributed by atoms with van der Waals surface area (Å²) in [5.74, 6) is -0.181. The maximum absolute atomic E-state index is 13.9. The largest absolute Gasteiger partial charge is 0.297 e. The van der Waals surface area contributed by atoms with Gasteiger partial charge in [0.2, 0.25) is 0 Å². The molecular formula is C27H27FN2O. The number of Topliss-reactive ketones (excluding diaryl/α,β-unsaturated/α-hetero) is 1. The van der Waals surface area contributed by atoms with E-state index < -0.39 is 5.54 Å². The van der Waals surface area contributed by atoms with Crippen molar-refractivity contribution in [3.63, 3.8) is 0 Å². The van der Waals surface area contributed by atoms with Crippen molar-refractivity contribution in [3.8, 4) is 0 Å². The second kappa shape index (κ2) is 8.03. The summed E-state index contributed by atoms with van der Waals surface area (Å²) in [6, 6.07) is 23.1. The Morgan fingerprint density at radius 2 is 1.61 bits per heavy atom. The number of aryl methyl sites for hydroxylation is 1. The Morgan fingerprint density at radius 1 is 0.903 bits per heavy atom. The smallest absolute Gasteiger partial charge is 0.188 e. The summed E-state index contributed by atoms with van der Waals surface area (Å²) >= 11 is 0. The lowest BCUT2D eigenvalue weighted by Gasteiger charge is -2.45. The predicted octanol–water partition coefficient (Wildman–Crippen LogP) is 4.59. The zero-order valence-electron chi connectivity index (χ0n) is 17.9. The van der Waals surface area contributed by atoms with Gasteiger partial charge in [-0.3, -0.25) is 14.6 Å². The molecule has 0 aromatic heterocycles. The van der Waals surface area contributed by atoms with Gasteiger partial charge in [0.15, 0.2) is 5.78 Å². The molecule has 4 heteroatoms. The van der Waals surface area contributed by atoms with Crippen LogP contribution in [-0.2, 0) is 18.5 Å². The van der Waals surface area contributed by atoms with Gasteiger partial charge in [-0.15, -0.1) is 0 Å². The van der Waals surface area contributed by atoms with Gasteiger partial charge in [0.25, 0.3) is 0 Å². The second-order valence-corrected chi connectivity index (χ2v) is 8.72. The van der Waals surface area contributed by atoms with Crippen LogP contribution in [0.4, 0.5) is 4.39 Å². The molecule has 3 nitrogen and oxygen atoms in total. The number of nitrogens with zero attached hydrogens (tertiary/aromatic N) is 2. The van der Waals surface area contributed by atoms with Gasteiger partial charge in [-0.25, -0.2) is 4.39 Å². The minimum Gasteiger partial charge on any atom is -0.297 e. The number of ketones is 1. The molecule has 0 spiro atoms. The third-order valence-electron chi connectivity index (χ3n) is 6.95. The van der Waals surface area contributed by atoms with Gasteiger partial charge >= 0.3 is 0 Å². The van der Waals surface area contributed by atoms with Crippen LogP contribution in [-0.4, -0.2) is 41.8 Å². The first kappa shape index (κ1) is 20.1. The van der Waals surface area contributed by atoms with E-state index in [1.807, 2.05) is 30.3 Å². The molecule has 3 aromatic carbocycles. The van der Waals surface area contributed by atoms with Crippen LogP contribution in [0.1, 0.15) is 32.6 Å². The minimum absolute atomic E-state index is 0.0982. The van der Waals surface area contributed by atoms with Gasteiger partial charge in [0, 0.05) is 44.7 Å². The van der Waals surface area contributed by atoms with Crippen molar-refractivity contribution in [2.24, 2.45) is 0 Å². The summed E-state index contributed by atoms with van der Waals surface area (Å²) < 4.78 is 13.9. The number of carbonyl (C=O) groups excluding carboxylic acids is 1. The molecule has 1 atom stereocenters. The standard InChI is InChI=1S/C27H27FN2O/c1-20-7-5-6-8-21(20)19-29-13-15-30(16-14-29)27(23-9-3-2-4-10-23)18-22-17-24(28)11-12-25(22)26(27)31/h2-12,17H,13-16,18-19H2,1H3. The zero-order chi connectivity index (χ0) is 21.4. The summed E-state index contributed by atoms with van der Waals surface area (Å²) in [5.41, 5.74) is 4.40. The molecule has 0 N–H and O–H groups in total. The van der Waals surface area contributed by atoms with Gasteiger partial charge in [0.1, 0.15) is 11.4 Å². The molecule has 0 bridgehead atoms. The molecule has 1 aliphatic heterocycles. The van der Waals surface area contributed by atoms with E-state index in [9.17, 15) is 9.18 Å². The molecular weight excluding hydrogens is 387 g/mol. The van der Waals surface area contributed by atoms with Gasteiger partial charge in [-0.1, -0.05) is 54.6 Å². The quantitative estimate of drug-likeness (QED) is 0.624. The lowest BCUT2D eigenvalue weighted by molar-refractivity contribution is 0.0288. The molecule has 0 amide bonds. The topological polar surface area (TPSA) is 23.6 Å². The molecule has 0 saturated carbocycles. The molecule has 2 aliphatic rings. The first-order chi connectivity index (χ1) is 15.1. The third-order valence-corrected chi connectivity index (χ3v) is 6.95. The van der Waals surface area contributed by atoms with Gasteiger partial charge in [-0.2, -0.15) is 0 Å². The highest BCUT2D eigenvalue weighted by molar-refractivity contribution is 6.08. The average molecular weight is 415 g/mol. The van der Waals surface area contributed by atoms with Crippen LogP contribution in [0.15, 0.2) is 72.8 Å². The molecule has 1 heterocycles. The number of carbonyl (C=O) groups is 1. The molecule has 31 heavy (non-hydrogen) atoms. The fraction of sp³-hybridized carbons (Fsp3) is 0.296. The van der Waals surface area contributed by atoms with E-state index in [-0.39, 0.29) is 11.6 Å². The molecule has 1 unspecified atom stereocenters. The Morgan fingerprint density at radius 3 is 2.35 bits per heavy atom. The molecule has 5 rings (SSSR count). The summed E-state index contributed by atoms with van der Waals surface area (Å²) in [6.45, 7) is 6.51. The highest BCUT2D eigenvalue weighted by atomic mass is 19.1. The fourth-order valence-corrected chi connectivity index (χ4v) is 5.21. The van der Waals surface area contributed by atoms with E-state index in [0.717, 1.165) is 43.9 Å². The number of rotatable bonds is 4. The van der Waals surface area contributed by atoms with E-state index in [1.165, 1.54) is 23.3 Å². The predicted molar refractivity (Wildman–Crippen MR) is 121 cm³/mol. The number of fused-ring (bicyclic) bond motifs is 1. The number of halogens is 1. The van der Waals surface area contributed by atoms with E-state index in [0.29, 0.717) is 12.0 Å². The SMILES string of the molecule is Cc1ccccc1CN1CCN(C2(c3ccccc3)Cc3cc(F)ccc3C2=O)CC1. The van der Waals surface area contributed by atoms with Crippen molar-refractivity contribution in [2.45, 2.75) is 25.4 Å². The Kier molecular flexibility index (Phi) is 5.20. The fourth-order valence-electron chi connectivity index (χ4n) is 5.21. The highest BCUT2D eigenvalue weighted by Crippen LogP contribution is 2.43. The van der Waals surface area contributed by atoms with Crippen LogP contribution >= 0.6 is 0 Å². The lowest BCUT2D eigenvalue weighted by Crippen LogP contribution is -2.58. The van der Waals surface area contributed by atoms with E-state index >= 15 is 0 Å². The first-order valence-corrected chi connectivity index (χ1v) is 11.0. The van der Waals surface area contributed by atoms with Crippen molar-refractivity contribution in [3.05, 3.63) is 106 Å². The summed E-state index contributed by atoms with van der Waals surface area (Å²) in [6.07, 6.45) is 0.529. The second-order valence-electron chi connectivity index (χ2n) is 8.72. The minimum atomic E-state index is -0.744. The Bertz CT molecular complexity index is 1110. The van der Waals surface area contributed by atoms with Crippen molar-refractivity contribution in [1.82, 2.24) is 9.80 Å². The zero-order valence-corrected chi connectivity index (χ0v) is 17.9. The Balaban J connectivity index is 1.42. The maximum atomic E-state index is 13.9. The lowest BCUT2D eigenvalue weighted by atomic mass is 9.83. The Labute approximate surface area is 183 Å². The van der Waals surface area contributed by atoms with Crippen LogP contribution < -0.4 is 0 Å². The van der Waals surface area contributed by atoms with Gasteiger partial charge < -0.3 is 0 Å². The summed E-state index contributed by atoms with van der Waals surface area (Å²) in [5, 5.41) is 0. The van der Waals surface area contributed by atoms with Crippen LogP contribution in [0.5, 0.6) is 0 Å². The van der Waals surface area contributed by atoms with Crippen molar-refractivity contribution in [1.29, 1.82) is 0 Å². The van der Waals surface area contributed by atoms with Crippen LogP contribution in [0.3, 0.4) is 0 Å². The number of hydrogen-bond donors (Lipinski definition) is 0. The maximum Gasteiger partial charge on any atom is 0.188 e. The van der Waals surface area contributed by atoms with Crippen LogP contribution in [0.2, 0.25) is 0 Å². The average Bonchev–Trinajstić information content (AvgIpc) is 3.09. The first-order valence-electron chi connectivity index (χ1n) is 11.0. The number of hydrogen-bond acceptors (Lipinski definition) is 3. The molecule has 1 aliphatic carbocycles. The van der Waals surface area contributed by atoms with Crippen molar-refractivity contribution in [2.75, 3.05) is 26.2 Å². The monoisotopic (exact) mass is 414 g/mol. The Hall–Kier alpha value is -2.82. The number of piperazine rings is 1. The van der Waals surface area contributed by atoms with E-state index in [1.54, 1.807) is 6.07 Å². The molecule has 3 aromatic rings. The normalized spacial score (nSPS) is 21.9. The molecule has 1 saturated heterocycles. The van der Waals surface area contributed by atoms with Crippen molar-refractivity contribution >= 4 is 5.78 Å². The van der Waals surface area contributed by atoms with E-state index in [2.05, 4.69) is 41.0 Å². The highest BCUT2D eigenvalue weighted by Gasteiger charge is 2.51. The van der Waals surface area contributed by atoms with Crippen LogP contribution in [0, 0.1) is 12.7 Å². The molecule has 0 radical (unpaired) electrons. The van der Waals surface area contributed by atoms with Crippen LogP contribution in [0.25, 0.3) is 0 Å².